The second-order valence-electron chi connectivity index (χ2n) is 24.0. The Labute approximate surface area is 584 Å². The van der Waals surface area contributed by atoms with Crippen LogP contribution in [0.2, 0.25) is 0 Å². The molecule has 0 aliphatic carbocycles. The summed E-state index contributed by atoms with van der Waals surface area (Å²) in [7, 11) is 9.56. The van der Waals surface area contributed by atoms with Crippen LogP contribution in [0.3, 0.4) is 0 Å². The number of aromatic nitrogens is 4. The second-order valence-corrected chi connectivity index (χ2v) is 27.2. The van der Waals surface area contributed by atoms with Crippen molar-refractivity contribution in [2.45, 2.75) is 73.8 Å². The fourth-order valence-electron chi connectivity index (χ4n) is 12.4. The topological polar surface area (TPSA) is 228 Å². The van der Waals surface area contributed by atoms with Crippen LogP contribution in [0.5, 0.6) is 23.0 Å². The van der Waals surface area contributed by atoms with Gasteiger partial charge in [-0.3, -0.25) is 23.3 Å². The van der Waals surface area contributed by atoms with Crippen LogP contribution in [-0.2, 0) is 52.1 Å². The van der Waals surface area contributed by atoms with Crippen LogP contribution in [0.1, 0.15) is 90.8 Å². The highest BCUT2D eigenvalue weighted by atomic mass is 35.7. The van der Waals surface area contributed by atoms with Crippen LogP contribution < -0.4 is 30.3 Å². The van der Waals surface area contributed by atoms with Gasteiger partial charge in [0.2, 0.25) is 0 Å². The summed E-state index contributed by atoms with van der Waals surface area (Å²) in [4.78, 5) is 60.8. The summed E-state index contributed by atoms with van der Waals surface area (Å²) >= 11 is 6.30. The third-order valence-corrected chi connectivity index (χ3v) is 20.3. The second kappa shape index (κ2) is 32.5. The lowest BCUT2D eigenvalue weighted by Gasteiger charge is -2.39. The number of ketones is 2. The molecule has 12 rings (SSSR count). The van der Waals surface area contributed by atoms with Gasteiger partial charge in [0.1, 0.15) is 58.9 Å². The summed E-state index contributed by atoms with van der Waals surface area (Å²) in [5, 5.41) is 10.5. The summed E-state index contributed by atoms with van der Waals surface area (Å²) in [6.07, 6.45) is -0.994. The third kappa shape index (κ3) is 16.1. The molecule has 0 bridgehead atoms. The monoisotopic (exact) mass is 1390 g/mol. The van der Waals surface area contributed by atoms with Crippen molar-refractivity contribution in [1.82, 2.24) is 23.8 Å². The van der Waals surface area contributed by atoms with E-state index in [1.54, 1.807) is 116 Å². The number of hydrogen-bond acceptors (Lipinski definition) is 17. The van der Waals surface area contributed by atoms with Crippen LogP contribution >= 0.6 is 18.1 Å². The number of methoxy groups -OCH3 is 4. The summed E-state index contributed by atoms with van der Waals surface area (Å²) in [5.41, 5.74) is 3.22. The zero-order valence-electron chi connectivity index (χ0n) is 56.0. The fourth-order valence-corrected chi connectivity index (χ4v) is 13.1. The van der Waals surface area contributed by atoms with Crippen molar-refractivity contribution < 1.29 is 61.7 Å². The van der Waals surface area contributed by atoms with Crippen molar-refractivity contribution in [3.05, 3.63) is 320 Å². The summed E-state index contributed by atoms with van der Waals surface area (Å²) in [6, 6.07) is 71.2. The Morgan fingerprint density at radius 1 is 0.490 bits per heavy atom. The van der Waals surface area contributed by atoms with E-state index in [1.165, 1.54) is 13.8 Å². The van der Waals surface area contributed by atoms with Crippen molar-refractivity contribution in [3.63, 3.8) is 0 Å². The number of aliphatic hydroxyl groups excluding tert-OH is 1. The minimum atomic E-state index is -3.70. The Balaban J connectivity index is 0.000000203. The maximum atomic E-state index is 13.5. The number of halogens is 1. The van der Waals surface area contributed by atoms with Crippen molar-refractivity contribution in [3.8, 4) is 23.0 Å². The largest absolute Gasteiger partial charge is 0.497 e. The smallest absolute Gasteiger partial charge is 0.362 e. The van der Waals surface area contributed by atoms with Gasteiger partial charge in [-0.2, -0.15) is 9.97 Å². The molecule has 2 saturated heterocycles. The van der Waals surface area contributed by atoms with E-state index in [1.807, 2.05) is 170 Å². The van der Waals surface area contributed by atoms with Crippen LogP contribution in [0.15, 0.2) is 253 Å². The molecule has 20 nitrogen and oxygen atoms in total. The Morgan fingerprint density at radius 2 is 0.800 bits per heavy atom. The molecule has 2 aliphatic rings. The highest BCUT2D eigenvalue weighted by Gasteiger charge is 2.49. The van der Waals surface area contributed by atoms with E-state index in [-0.39, 0.29) is 50.5 Å². The first kappa shape index (κ1) is 71.6. The average Bonchev–Trinajstić information content (AvgIpc) is 1.18. The quantitative estimate of drug-likeness (QED) is 0.0287. The molecule has 7 atom stereocenters. The number of carbonyl (C=O) groups excluding carboxylic acids is 2. The Hall–Kier alpha value is -9.70. The number of carbonyl (C=O) groups is 2. The van der Waals surface area contributed by atoms with Gasteiger partial charge in [-0.15, -0.1) is 0 Å². The van der Waals surface area contributed by atoms with E-state index in [2.05, 4.69) is 9.97 Å². The highest BCUT2D eigenvalue weighted by Crippen LogP contribution is 2.55. The van der Waals surface area contributed by atoms with E-state index in [9.17, 15) is 28.8 Å². The Morgan fingerprint density at radius 3 is 1.11 bits per heavy atom. The average molecular weight is 1390 g/mol. The van der Waals surface area contributed by atoms with Gasteiger partial charge >= 0.3 is 18.3 Å². The van der Waals surface area contributed by atoms with Crippen LogP contribution in [0, 0.1) is 0 Å². The number of nitrogens with zero attached hydrogens (tertiary/aromatic N) is 5. The first-order chi connectivity index (χ1) is 48.5. The first-order valence-corrected chi connectivity index (χ1v) is 34.9. The molecule has 4 heterocycles. The maximum Gasteiger partial charge on any atom is 0.362 e. The van der Waals surface area contributed by atoms with Crippen LogP contribution in [-0.4, -0.2) is 121 Å². The van der Waals surface area contributed by atoms with E-state index >= 15 is 0 Å². The van der Waals surface area contributed by atoms with Gasteiger partial charge in [-0.25, -0.2) is 14.3 Å². The van der Waals surface area contributed by atoms with Crippen molar-refractivity contribution in [2.24, 2.45) is 0 Å². The molecule has 10 aromatic rings. The molecule has 100 heavy (non-hydrogen) atoms. The number of benzene rings is 8. The fraction of sp³-hybridized carbons (Fsp3) is 0.256. The molecule has 8 aromatic carbocycles. The SMILES string of the molecule is COc1ccc(C(O[C@H]2C[C@H](n3ccc(CC(=O)c4ccccc4)nc3=O)O[C@@H]2CO)(c2ccccc2)c2ccc(OC)cc2)cc1.COc1ccc(C(O[C@H]2C[C@H](n3ccc(CC(=O)c4ccccc4)nc3=O)O[C@@H]2COP(=O)(Cl)N(C)C)(c2ccccc2)c2ccc(OC)cc2)cc1. The minimum absolute atomic E-state index is 0.0000632. The molecule has 1 unspecified atom stereocenters. The van der Waals surface area contributed by atoms with Gasteiger partial charge < -0.3 is 47.5 Å². The van der Waals surface area contributed by atoms with Gasteiger partial charge in [0, 0.05) is 36.4 Å². The Kier molecular flexibility index (Phi) is 23.3. The van der Waals surface area contributed by atoms with Crippen LogP contribution in [0.25, 0.3) is 0 Å². The highest BCUT2D eigenvalue weighted by molar-refractivity contribution is 7.83. The summed E-state index contributed by atoms with van der Waals surface area (Å²) in [6.45, 7) is -4.24. The van der Waals surface area contributed by atoms with Gasteiger partial charge in [-0.1, -0.05) is 170 Å². The lowest BCUT2D eigenvalue weighted by molar-refractivity contribution is -0.0994. The number of aliphatic hydroxyl groups is 1. The van der Waals surface area contributed by atoms with Crippen molar-refractivity contribution in [1.29, 1.82) is 0 Å². The molecule has 2 aliphatic heterocycles. The van der Waals surface area contributed by atoms with Crippen LogP contribution in [0.4, 0.5) is 0 Å². The van der Waals surface area contributed by atoms with E-state index < -0.39 is 66.3 Å². The van der Waals surface area contributed by atoms with E-state index in [0.29, 0.717) is 45.5 Å². The molecular formula is C78H77ClN5O15P. The van der Waals surface area contributed by atoms with Gasteiger partial charge in [-0.05, 0) is 119 Å². The molecule has 516 valence electrons. The molecule has 2 fully saturated rings. The molecule has 2 aromatic heterocycles. The maximum absolute atomic E-state index is 13.5. The number of Topliss-reactive ketones (excluding diaryl/α,β-unsaturated/α-hetero) is 2. The zero-order valence-corrected chi connectivity index (χ0v) is 57.7. The summed E-state index contributed by atoms with van der Waals surface area (Å²) < 4.78 is 72.1. The molecule has 1 N–H and O–H groups in total. The number of rotatable bonds is 27. The minimum Gasteiger partial charge on any atom is -0.497 e. The molecule has 0 radical (unpaired) electrons. The van der Waals surface area contributed by atoms with Crippen molar-refractivity contribution in [2.75, 3.05) is 55.7 Å². The zero-order chi connectivity index (χ0) is 70.4. The van der Waals surface area contributed by atoms with E-state index in [0.717, 1.165) is 33.4 Å². The normalized spacial score (nSPS) is 18.1. The standard InChI is InChI=1S/C40H41ClN3O8P.C38H36N2O7/c1-43(2)53(41,47)50-27-37-36(26-38(51-37)44-24-23-32(42-39(44)46)25-35(45)28-11-7-5-8-12-28)52-40(29-13-9-6-10-14-29,30-15-19-33(48-3)20-16-30)31-17-21-34(49-4)22-18-31;1-44-31-17-13-28(14-18-31)38(27-11-7-4-8-12-27,29-15-19-32(45-2)20-16-29)47-34-24-36(46-35(34)25-41)40-22-21-30(39-37(40)43)23-33(42)26-9-5-3-6-10-26/h5-24,36-38H,25-27H2,1-4H3;3-22,34-36,41H,23-25H2,1-2H3/t36-,37+,38+,53?;34-,35+,36+/m00/s1. The number of hydrogen-bond donors (Lipinski definition) is 1. The van der Waals surface area contributed by atoms with Gasteiger partial charge in [0.25, 0.3) is 0 Å². The van der Waals surface area contributed by atoms with E-state index in [4.69, 9.17) is 53.7 Å². The van der Waals surface area contributed by atoms with Crippen molar-refractivity contribution >= 4 is 29.7 Å². The third-order valence-electron chi connectivity index (χ3n) is 17.7. The lowest BCUT2D eigenvalue weighted by atomic mass is 9.79. The molecule has 0 amide bonds. The van der Waals surface area contributed by atoms with Gasteiger partial charge in [0.15, 0.2) is 11.6 Å². The predicted molar refractivity (Wildman–Crippen MR) is 378 cm³/mol. The number of ether oxygens (including phenoxy) is 8. The molecular weight excluding hydrogens is 1310 g/mol. The van der Waals surface area contributed by atoms with Gasteiger partial charge in [0.05, 0.1) is 78.1 Å². The summed E-state index contributed by atoms with van der Waals surface area (Å²) in [5.74, 6) is 2.45. The molecule has 0 saturated carbocycles. The Bertz CT molecular complexity index is 4420. The molecule has 0 spiro atoms. The first-order valence-electron chi connectivity index (χ1n) is 32.4. The molecule has 22 heteroatoms. The lowest BCUT2D eigenvalue weighted by Crippen LogP contribution is -2.41. The predicted octanol–water partition coefficient (Wildman–Crippen LogP) is 12.6.